The van der Waals surface area contributed by atoms with Crippen LogP contribution < -0.4 is 10.1 Å². The van der Waals surface area contributed by atoms with Crippen molar-refractivity contribution in [3.8, 4) is 5.75 Å². The van der Waals surface area contributed by atoms with Crippen molar-refractivity contribution in [2.24, 2.45) is 5.92 Å². The van der Waals surface area contributed by atoms with Gasteiger partial charge in [-0.2, -0.15) is 0 Å². The van der Waals surface area contributed by atoms with Crippen LogP contribution in [0.4, 0.5) is 5.69 Å². The van der Waals surface area contributed by atoms with Gasteiger partial charge in [-0.15, -0.1) is 0 Å². The van der Waals surface area contributed by atoms with Crippen LogP contribution in [-0.4, -0.2) is 36.4 Å². The third-order valence-corrected chi connectivity index (χ3v) is 4.74. The Labute approximate surface area is 137 Å². The Balaban J connectivity index is 1.48. The Morgan fingerprint density at radius 2 is 2.09 bits per heavy atom. The standard InChI is InChI=1S/C18H25NO4/c20-18(21)13-6-8-14(9-7-13)19-15-3-1-4-16(11-15)23-12-17-5-2-10-22-17/h1,3-4,11,13-14,17,19H,2,5-10,12H2,(H,20,21). The van der Waals surface area contributed by atoms with Crippen LogP contribution in [-0.2, 0) is 9.53 Å². The van der Waals surface area contributed by atoms with Gasteiger partial charge in [0.25, 0.3) is 0 Å². The molecule has 23 heavy (non-hydrogen) atoms. The van der Waals surface area contributed by atoms with Crippen LogP contribution in [0.5, 0.6) is 5.75 Å². The number of carboxylic acids is 1. The van der Waals surface area contributed by atoms with Gasteiger partial charge in [0.1, 0.15) is 12.4 Å². The number of anilines is 1. The molecule has 2 N–H and O–H groups in total. The molecule has 126 valence electrons. The van der Waals surface area contributed by atoms with Crippen LogP contribution in [0, 0.1) is 5.92 Å². The van der Waals surface area contributed by atoms with Crippen LogP contribution in [0.15, 0.2) is 24.3 Å². The summed E-state index contributed by atoms with van der Waals surface area (Å²) in [5.74, 6) is 0.0202. The van der Waals surface area contributed by atoms with Crippen LogP contribution in [0.1, 0.15) is 38.5 Å². The number of carbonyl (C=O) groups is 1. The second kappa shape index (κ2) is 7.68. The molecular weight excluding hydrogens is 294 g/mol. The minimum atomic E-state index is -0.659. The van der Waals surface area contributed by atoms with Gasteiger partial charge in [-0.25, -0.2) is 0 Å². The molecule has 2 fully saturated rings. The van der Waals surface area contributed by atoms with Gasteiger partial charge in [0.05, 0.1) is 12.0 Å². The first-order valence-corrected chi connectivity index (χ1v) is 8.54. The zero-order valence-corrected chi connectivity index (χ0v) is 13.4. The molecule has 5 nitrogen and oxygen atoms in total. The lowest BCUT2D eigenvalue weighted by Crippen LogP contribution is -2.29. The smallest absolute Gasteiger partial charge is 0.306 e. The minimum Gasteiger partial charge on any atom is -0.491 e. The summed E-state index contributed by atoms with van der Waals surface area (Å²) in [6, 6.07) is 8.33. The predicted octanol–water partition coefficient (Wildman–Crippen LogP) is 3.30. The van der Waals surface area contributed by atoms with E-state index in [1.165, 1.54) is 0 Å². The van der Waals surface area contributed by atoms with Crippen molar-refractivity contribution in [1.29, 1.82) is 0 Å². The summed E-state index contributed by atoms with van der Waals surface area (Å²) in [4.78, 5) is 11.0. The molecule has 1 aliphatic carbocycles. The summed E-state index contributed by atoms with van der Waals surface area (Å²) in [5.41, 5.74) is 1.04. The Kier molecular flexibility index (Phi) is 5.39. The highest BCUT2D eigenvalue weighted by molar-refractivity contribution is 5.70. The van der Waals surface area contributed by atoms with E-state index in [0.29, 0.717) is 12.6 Å². The number of benzene rings is 1. The number of hydrogen-bond acceptors (Lipinski definition) is 4. The average Bonchev–Trinajstić information content (AvgIpc) is 3.07. The van der Waals surface area contributed by atoms with Crippen molar-refractivity contribution in [3.05, 3.63) is 24.3 Å². The number of rotatable bonds is 6. The first-order chi connectivity index (χ1) is 11.2. The normalized spacial score (nSPS) is 27.6. The van der Waals surface area contributed by atoms with E-state index in [-0.39, 0.29) is 12.0 Å². The molecule has 2 aliphatic rings. The van der Waals surface area contributed by atoms with E-state index in [9.17, 15) is 4.79 Å². The monoisotopic (exact) mass is 319 g/mol. The Morgan fingerprint density at radius 1 is 1.26 bits per heavy atom. The van der Waals surface area contributed by atoms with Crippen molar-refractivity contribution >= 4 is 11.7 Å². The lowest BCUT2D eigenvalue weighted by Gasteiger charge is -2.27. The molecule has 3 rings (SSSR count). The van der Waals surface area contributed by atoms with E-state index in [0.717, 1.165) is 56.6 Å². The lowest BCUT2D eigenvalue weighted by molar-refractivity contribution is -0.142. The third kappa shape index (κ3) is 4.61. The molecule has 1 saturated heterocycles. The fraction of sp³-hybridized carbons (Fsp3) is 0.611. The fourth-order valence-electron chi connectivity index (χ4n) is 3.36. The van der Waals surface area contributed by atoms with Crippen molar-refractivity contribution in [3.63, 3.8) is 0 Å². The maximum absolute atomic E-state index is 11.0. The van der Waals surface area contributed by atoms with Crippen molar-refractivity contribution in [2.45, 2.75) is 50.7 Å². The number of ether oxygens (including phenoxy) is 2. The summed E-state index contributed by atoms with van der Waals surface area (Å²) in [5, 5.41) is 12.6. The van der Waals surface area contributed by atoms with Gasteiger partial charge in [-0.3, -0.25) is 4.79 Å². The van der Waals surface area contributed by atoms with Crippen LogP contribution in [0.2, 0.25) is 0 Å². The molecule has 0 aromatic heterocycles. The molecule has 1 heterocycles. The number of aliphatic carboxylic acids is 1. The van der Waals surface area contributed by atoms with Gasteiger partial charge < -0.3 is 19.9 Å². The maximum Gasteiger partial charge on any atom is 0.306 e. The van der Waals surface area contributed by atoms with E-state index in [2.05, 4.69) is 5.32 Å². The summed E-state index contributed by atoms with van der Waals surface area (Å²) < 4.78 is 11.4. The summed E-state index contributed by atoms with van der Waals surface area (Å²) in [7, 11) is 0. The van der Waals surface area contributed by atoms with Gasteiger partial charge in [-0.1, -0.05) is 6.07 Å². The lowest BCUT2D eigenvalue weighted by atomic mass is 9.86. The highest BCUT2D eigenvalue weighted by Crippen LogP contribution is 2.28. The molecule has 0 radical (unpaired) electrons. The number of carboxylic acid groups (broad SMARTS) is 1. The average molecular weight is 319 g/mol. The van der Waals surface area contributed by atoms with Gasteiger partial charge in [0.15, 0.2) is 0 Å². The molecule has 0 spiro atoms. The highest BCUT2D eigenvalue weighted by atomic mass is 16.5. The van der Waals surface area contributed by atoms with Gasteiger partial charge in [-0.05, 0) is 50.7 Å². The van der Waals surface area contributed by atoms with Gasteiger partial charge >= 0.3 is 5.97 Å². The second-order valence-electron chi connectivity index (χ2n) is 6.50. The predicted molar refractivity (Wildman–Crippen MR) is 87.9 cm³/mol. The topological polar surface area (TPSA) is 67.8 Å². The Morgan fingerprint density at radius 3 is 2.78 bits per heavy atom. The van der Waals surface area contributed by atoms with E-state index >= 15 is 0 Å². The first-order valence-electron chi connectivity index (χ1n) is 8.54. The molecule has 1 aromatic carbocycles. The van der Waals surface area contributed by atoms with Gasteiger partial charge in [0, 0.05) is 24.4 Å². The quantitative estimate of drug-likeness (QED) is 0.842. The van der Waals surface area contributed by atoms with Crippen LogP contribution in [0.25, 0.3) is 0 Å². The first kappa shape index (κ1) is 16.1. The minimum absolute atomic E-state index is 0.172. The Hall–Kier alpha value is -1.75. The fourth-order valence-corrected chi connectivity index (χ4v) is 3.36. The second-order valence-corrected chi connectivity index (χ2v) is 6.50. The molecule has 0 amide bonds. The SMILES string of the molecule is O=C(O)C1CCC(Nc2cccc(OCC3CCCO3)c2)CC1. The van der Waals surface area contributed by atoms with E-state index in [1.807, 2.05) is 24.3 Å². The zero-order chi connectivity index (χ0) is 16.1. The van der Waals surface area contributed by atoms with E-state index < -0.39 is 5.97 Å². The van der Waals surface area contributed by atoms with E-state index in [4.69, 9.17) is 14.6 Å². The van der Waals surface area contributed by atoms with Crippen molar-refractivity contribution in [2.75, 3.05) is 18.5 Å². The third-order valence-electron chi connectivity index (χ3n) is 4.74. The zero-order valence-electron chi connectivity index (χ0n) is 13.4. The number of hydrogen-bond donors (Lipinski definition) is 2. The summed E-state index contributed by atoms with van der Waals surface area (Å²) in [6.07, 6.45) is 5.72. The summed E-state index contributed by atoms with van der Waals surface area (Å²) in [6.45, 7) is 1.45. The molecular formula is C18H25NO4. The molecule has 1 atom stereocenters. The van der Waals surface area contributed by atoms with Crippen molar-refractivity contribution in [1.82, 2.24) is 0 Å². The maximum atomic E-state index is 11.0. The molecule has 1 aromatic rings. The molecule has 5 heteroatoms. The number of nitrogens with one attached hydrogen (secondary N) is 1. The summed E-state index contributed by atoms with van der Waals surface area (Å²) >= 11 is 0. The molecule has 1 aliphatic heterocycles. The Bertz CT molecular complexity index is 520. The van der Waals surface area contributed by atoms with Crippen LogP contribution in [0.3, 0.4) is 0 Å². The molecule has 1 unspecified atom stereocenters. The largest absolute Gasteiger partial charge is 0.491 e. The highest BCUT2D eigenvalue weighted by Gasteiger charge is 2.25. The van der Waals surface area contributed by atoms with Gasteiger partial charge in [0.2, 0.25) is 0 Å². The van der Waals surface area contributed by atoms with E-state index in [1.54, 1.807) is 0 Å². The van der Waals surface area contributed by atoms with Crippen LogP contribution >= 0.6 is 0 Å². The molecule has 1 saturated carbocycles. The molecule has 0 bridgehead atoms. The van der Waals surface area contributed by atoms with Crippen molar-refractivity contribution < 1.29 is 19.4 Å².